The van der Waals surface area contributed by atoms with Crippen molar-refractivity contribution >= 4 is 51.9 Å². The third kappa shape index (κ3) is 5.65. The summed E-state index contributed by atoms with van der Waals surface area (Å²) in [5.41, 5.74) is 1.25. The summed E-state index contributed by atoms with van der Waals surface area (Å²) in [5, 5.41) is 2.64. The molecular weight excluding hydrogens is 411 g/mol. The number of carbonyl (C=O) groups excluding carboxylic acids is 2. The average Bonchev–Trinajstić information content (AvgIpc) is 2.95. The molecule has 1 saturated heterocycles. The van der Waals surface area contributed by atoms with Crippen molar-refractivity contribution in [1.29, 1.82) is 0 Å². The fourth-order valence-corrected chi connectivity index (χ4v) is 4.07. The molecule has 0 bridgehead atoms. The summed E-state index contributed by atoms with van der Waals surface area (Å²) < 4.78 is 18.8. The summed E-state index contributed by atoms with van der Waals surface area (Å²) >= 11 is 6.56. The van der Waals surface area contributed by atoms with Crippen LogP contribution in [0.2, 0.25) is 0 Å². The number of carbonyl (C=O) groups is 2. The highest BCUT2D eigenvalue weighted by Gasteiger charge is 2.31. The SMILES string of the molecule is COc1cccc(C=C2SC(=S)N(CCCC(=O)Nc3cccc(F)c3)C2=O)c1. The minimum atomic E-state index is -0.414. The second-order valence-electron chi connectivity index (χ2n) is 6.27. The molecule has 1 aliphatic rings. The van der Waals surface area contributed by atoms with Crippen LogP contribution < -0.4 is 10.1 Å². The molecule has 2 aromatic rings. The summed E-state index contributed by atoms with van der Waals surface area (Å²) in [5.74, 6) is -0.122. The van der Waals surface area contributed by atoms with Crippen LogP contribution in [0, 0.1) is 5.82 Å². The number of nitrogens with one attached hydrogen (secondary N) is 1. The molecule has 150 valence electrons. The van der Waals surface area contributed by atoms with E-state index >= 15 is 0 Å². The number of anilines is 1. The zero-order valence-electron chi connectivity index (χ0n) is 15.7. The first-order chi connectivity index (χ1) is 14.0. The lowest BCUT2D eigenvalue weighted by Gasteiger charge is -2.14. The number of halogens is 1. The van der Waals surface area contributed by atoms with Gasteiger partial charge in [-0.25, -0.2) is 4.39 Å². The third-order valence-electron chi connectivity index (χ3n) is 4.16. The summed E-state index contributed by atoms with van der Waals surface area (Å²) in [7, 11) is 1.59. The Bertz CT molecular complexity index is 978. The Morgan fingerprint density at radius 2 is 2.07 bits per heavy atom. The summed E-state index contributed by atoms with van der Waals surface area (Å²) in [4.78, 5) is 26.7. The summed E-state index contributed by atoms with van der Waals surface area (Å²) in [6, 6.07) is 13.1. The second kappa shape index (κ2) is 9.67. The maximum absolute atomic E-state index is 13.2. The second-order valence-corrected chi connectivity index (χ2v) is 7.95. The molecule has 0 radical (unpaired) electrons. The zero-order valence-corrected chi connectivity index (χ0v) is 17.3. The molecule has 1 heterocycles. The van der Waals surface area contributed by atoms with Crippen LogP contribution >= 0.6 is 24.0 Å². The van der Waals surface area contributed by atoms with Crippen molar-refractivity contribution in [2.24, 2.45) is 0 Å². The van der Waals surface area contributed by atoms with Crippen LogP contribution in [-0.4, -0.2) is 34.7 Å². The molecule has 0 unspecified atom stereocenters. The molecule has 8 heteroatoms. The van der Waals surface area contributed by atoms with Crippen LogP contribution in [0.15, 0.2) is 53.4 Å². The minimum Gasteiger partial charge on any atom is -0.497 e. The van der Waals surface area contributed by atoms with Gasteiger partial charge in [-0.2, -0.15) is 0 Å². The molecule has 2 aromatic carbocycles. The zero-order chi connectivity index (χ0) is 20.8. The van der Waals surface area contributed by atoms with Crippen molar-refractivity contribution in [3.8, 4) is 5.75 Å². The van der Waals surface area contributed by atoms with Crippen molar-refractivity contribution in [1.82, 2.24) is 4.90 Å². The largest absolute Gasteiger partial charge is 0.497 e. The smallest absolute Gasteiger partial charge is 0.266 e. The Morgan fingerprint density at radius 1 is 1.28 bits per heavy atom. The van der Waals surface area contributed by atoms with E-state index in [9.17, 15) is 14.0 Å². The van der Waals surface area contributed by atoms with E-state index in [1.165, 1.54) is 34.9 Å². The Morgan fingerprint density at radius 3 is 2.83 bits per heavy atom. The molecule has 3 rings (SSSR count). The van der Waals surface area contributed by atoms with Crippen LogP contribution in [0.3, 0.4) is 0 Å². The molecule has 1 fully saturated rings. The van der Waals surface area contributed by atoms with E-state index in [1.807, 2.05) is 24.3 Å². The fraction of sp³-hybridized carbons (Fsp3) is 0.190. The average molecular weight is 431 g/mol. The lowest BCUT2D eigenvalue weighted by atomic mass is 10.2. The quantitative estimate of drug-likeness (QED) is 0.519. The van der Waals surface area contributed by atoms with Gasteiger partial charge in [0.25, 0.3) is 5.91 Å². The molecule has 2 amide bonds. The topological polar surface area (TPSA) is 58.6 Å². The van der Waals surface area contributed by atoms with E-state index in [-0.39, 0.29) is 18.2 Å². The van der Waals surface area contributed by atoms with Crippen LogP contribution in [-0.2, 0) is 9.59 Å². The lowest BCUT2D eigenvalue weighted by Crippen LogP contribution is -2.29. The first-order valence-electron chi connectivity index (χ1n) is 8.91. The number of benzene rings is 2. The maximum Gasteiger partial charge on any atom is 0.266 e. The minimum absolute atomic E-state index is 0.173. The van der Waals surface area contributed by atoms with E-state index in [0.717, 1.165) is 5.56 Å². The fourth-order valence-electron chi connectivity index (χ4n) is 2.76. The van der Waals surface area contributed by atoms with Crippen molar-refractivity contribution in [3.63, 3.8) is 0 Å². The first-order valence-corrected chi connectivity index (χ1v) is 10.1. The molecule has 0 atom stereocenters. The van der Waals surface area contributed by atoms with E-state index in [0.29, 0.717) is 33.6 Å². The predicted octanol–water partition coefficient (Wildman–Crippen LogP) is 4.45. The van der Waals surface area contributed by atoms with E-state index < -0.39 is 5.82 Å². The number of rotatable bonds is 7. The number of amides is 2. The van der Waals surface area contributed by atoms with Gasteiger partial charge in [-0.1, -0.05) is 42.2 Å². The number of thiocarbonyl (C=S) groups is 1. The molecule has 0 saturated carbocycles. The normalized spacial score (nSPS) is 15.1. The van der Waals surface area contributed by atoms with Gasteiger partial charge in [0.1, 0.15) is 15.9 Å². The Hall–Kier alpha value is -2.71. The first kappa shape index (κ1) is 21.0. The van der Waals surface area contributed by atoms with E-state index in [1.54, 1.807) is 19.3 Å². The number of hydrogen-bond donors (Lipinski definition) is 1. The van der Waals surface area contributed by atoms with Crippen LogP contribution in [0.1, 0.15) is 18.4 Å². The van der Waals surface area contributed by atoms with Gasteiger partial charge in [-0.15, -0.1) is 0 Å². The van der Waals surface area contributed by atoms with Gasteiger partial charge in [-0.3, -0.25) is 14.5 Å². The van der Waals surface area contributed by atoms with Gasteiger partial charge in [0.2, 0.25) is 5.91 Å². The van der Waals surface area contributed by atoms with Gasteiger partial charge in [0.15, 0.2) is 0 Å². The van der Waals surface area contributed by atoms with Crippen LogP contribution in [0.5, 0.6) is 5.75 Å². The van der Waals surface area contributed by atoms with Crippen molar-refractivity contribution in [2.75, 3.05) is 19.0 Å². The maximum atomic E-state index is 13.2. The number of ether oxygens (including phenoxy) is 1. The Labute approximate surface area is 177 Å². The van der Waals surface area contributed by atoms with Gasteiger partial charge in [0, 0.05) is 18.7 Å². The monoisotopic (exact) mass is 430 g/mol. The van der Waals surface area contributed by atoms with E-state index in [4.69, 9.17) is 17.0 Å². The van der Waals surface area contributed by atoms with Gasteiger partial charge in [0.05, 0.1) is 12.0 Å². The summed E-state index contributed by atoms with van der Waals surface area (Å²) in [6.07, 6.45) is 2.42. The van der Waals surface area contributed by atoms with Gasteiger partial charge in [-0.05, 0) is 48.4 Å². The van der Waals surface area contributed by atoms with Crippen LogP contribution in [0.25, 0.3) is 6.08 Å². The van der Waals surface area contributed by atoms with Gasteiger partial charge < -0.3 is 10.1 Å². The molecule has 1 aliphatic heterocycles. The molecule has 5 nitrogen and oxygen atoms in total. The number of methoxy groups -OCH3 is 1. The molecule has 1 N–H and O–H groups in total. The predicted molar refractivity (Wildman–Crippen MR) is 117 cm³/mol. The van der Waals surface area contributed by atoms with Crippen molar-refractivity contribution in [3.05, 3.63) is 64.8 Å². The Balaban J connectivity index is 1.54. The van der Waals surface area contributed by atoms with Crippen molar-refractivity contribution < 1.29 is 18.7 Å². The number of nitrogens with zero attached hydrogens (tertiary/aromatic N) is 1. The number of hydrogen-bond acceptors (Lipinski definition) is 5. The third-order valence-corrected chi connectivity index (χ3v) is 5.54. The standard InChI is InChI=1S/C21H19FN2O3S2/c1-27-17-8-2-5-14(11-17)12-18-20(26)24(21(28)29-18)10-4-9-19(25)23-16-7-3-6-15(22)13-16/h2-3,5-8,11-13H,4,9-10H2,1H3,(H,23,25). The van der Waals surface area contributed by atoms with E-state index in [2.05, 4.69) is 5.32 Å². The Kier molecular flexibility index (Phi) is 7.00. The highest BCUT2D eigenvalue weighted by molar-refractivity contribution is 8.26. The molecule has 0 aromatic heterocycles. The number of thioether (sulfide) groups is 1. The van der Waals surface area contributed by atoms with Gasteiger partial charge >= 0.3 is 0 Å². The molecule has 29 heavy (non-hydrogen) atoms. The summed E-state index contributed by atoms with van der Waals surface area (Å²) in [6.45, 7) is 0.344. The van der Waals surface area contributed by atoms with Crippen molar-refractivity contribution in [2.45, 2.75) is 12.8 Å². The molecule has 0 spiro atoms. The molecular formula is C21H19FN2O3S2. The molecule has 0 aliphatic carbocycles. The van der Waals surface area contributed by atoms with Crippen LogP contribution in [0.4, 0.5) is 10.1 Å². The lowest BCUT2D eigenvalue weighted by molar-refractivity contribution is -0.122. The highest BCUT2D eigenvalue weighted by Crippen LogP contribution is 2.33. The highest BCUT2D eigenvalue weighted by atomic mass is 32.2.